The molecule has 0 radical (unpaired) electrons. The molecule has 2 atom stereocenters. The molecule has 1 aromatic carbocycles. The number of carbonyl (C=O) groups excluding carboxylic acids is 2. The molecule has 2 amide bonds. The van der Waals surface area contributed by atoms with Crippen LogP contribution in [0.5, 0.6) is 0 Å². The fourth-order valence-corrected chi connectivity index (χ4v) is 3.13. The molecular formula is C21H28N2O6. The summed E-state index contributed by atoms with van der Waals surface area (Å²) in [6, 6.07) is 7.72. The van der Waals surface area contributed by atoms with Gasteiger partial charge in [-0.25, -0.2) is 14.4 Å². The summed E-state index contributed by atoms with van der Waals surface area (Å²) in [4.78, 5) is 39.5. The fourth-order valence-electron chi connectivity index (χ4n) is 3.13. The minimum atomic E-state index is -1.15. The molecule has 1 heterocycles. The van der Waals surface area contributed by atoms with E-state index in [-0.39, 0.29) is 26.1 Å². The van der Waals surface area contributed by atoms with Crippen LogP contribution >= 0.6 is 0 Å². The Balaban J connectivity index is 2.26. The maximum Gasteiger partial charge on any atom is 0.410 e. The molecule has 0 spiro atoms. The average molecular weight is 404 g/mol. The van der Waals surface area contributed by atoms with E-state index in [1.165, 1.54) is 11.0 Å². The molecule has 1 aromatic rings. The van der Waals surface area contributed by atoms with E-state index in [1.54, 1.807) is 20.8 Å². The lowest BCUT2D eigenvalue weighted by Crippen LogP contribution is -2.45. The van der Waals surface area contributed by atoms with Crippen molar-refractivity contribution < 1.29 is 29.0 Å². The number of benzene rings is 1. The highest BCUT2D eigenvalue weighted by atomic mass is 16.6. The van der Waals surface area contributed by atoms with E-state index in [0.717, 1.165) is 10.5 Å². The second kappa shape index (κ2) is 9.45. The third-order valence-electron chi connectivity index (χ3n) is 4.39. The highest BCUT2D eigenvalue weighted by Gasteiger charge is 2.44. The van der Waals surface area contributed by atoms with E-state index in [0.29, 0.717) is 0 Å². The molecule has 1 fully saturated rings. The Bertz CT molecular complexity index is 743. The van der Waals surface area contributed by atoms with E-state index in [9.17, 15) is 19.5 Å². The van der Waals surface area contributed by atoms with Crippen LogP contribution in [0.25, 0.3) is 0 Å². The number of carbonyl (C=O) groups is 3. The minimum absolute atomic E-state index is 0.0217. The summed E-state index contributed by atoms with van der Waals surface area (Å²) in [7, 11) is 0. The largest absolute Gasteiger partial charge is 0.480 e. The number of amides is 2. The Morgan fingerprint density at radius 2 is 1.93 bits per heavy atom. The summed E-state index contributed by atoms with van der Waals surface area (Å²) in [5.74, 6) is -1.15. The molecule has 1 N–H and O–H groups in total. The lowest BCUT2D eigenvalue weighted by Gasteiger charge is -2.31. The number of hydrogen-bond acceptors (Lipinski definition) is 5. The predicted octanol–water partition coefficient (Wildman–Crippen LogP) is 3.27. The third kappa shape index (κ3) is 6.23. The molecule has 1 saturated heterocycles. The topological polar surface area (TPSA) is 96.4 Å². The van der Waals surface area contributed by atoms with Gasteiger partial charge in [0, 0.05) is 19.5 Å². The van der Waals surface area contributed by atoms with Crippen molar-refractivity contribution in [1.82, 2.24) is 9.80 Å². The SMILES string of the molecule is C=CCOC(=O)N1C[C@H](N(Cc2ccccc2)C(=O)OC(C)(C)C)C[C@H]1C(=O)O. The van der Waals surface area contributed by atoms with Crippen LogP contribution in [0.1, 0.15) is 32.8 Å². The van der Waals surface area contributed by atoms with Crippen LogP contribution in [-0.2, 0) is 20.8 Å². The van der Waals surface area contributed by atoms with Crippen LogP contribution in [0.3, 0.4) is 0 Å². The molecule has 0 unspecified atom stereocenters. The number of hydrogen-bond donors (Lipinski definition) is 1. The van der Waals surface area contributed by atoms with Crippen molar-refractivity contribution in [3.05, 3.63) is 48.6 Å². The second-order valence-corrected chi connectivity index (χ2v) is 7.86. The Kier molecular flexibility index (Phi) is 7.25. The second-order valence-electron chi connectivity index (χ2n) is 7.86. The lowest BCUT2D eigenvalue weighted by atomic mass is 10.1. The monoisotopic (exact) mass is 404 g/mol. The summed E-state index contributed by atoms with van der Waals surface area (Å²) >= 11 is 0. The Morgan fingerprint density at radius 1 is 1.28 bits per heavy atom. The number of nitrogens with zero attached hydrogens (tertiary/aromatic N) is 2. The molecule has 158 valence electrons. The predicted molar refractivity (Wildman–Crippen MR) is 106 cm³/mol. The van der Waals surface area contributed by atoms with Gasteiger partial charge in [0.2, 0.25) is 0 Å². The van der Waals surface area contributed by atoms with E-state index < -0.39 is 35.8 Å². The van der Waals surface area contributed by atoms with Crippen molar-refractivity contribution >= 4 is 18.2 Å². The first kappa shape index (κ1) is 22.3. The molecular weight excluding hydrogens is 376 g/mol. The highest BCUT2D eigenvalue weighted by molar-refractivity contribution is 5.81. The van der Waals surface area contributed by atoms with Gasteiger partial charge in [0.05, 0.1) is 6.04 Å². The lowest BCUT2D eigenvalue weighted by molar-refractivity contribution is -0.141. The fraction of sp³-hybridized carbons (Fsp3) is 0.476. The standard InChI is InChI=1S/C21H28N2O6/c1-5-11-28-19(26)23-14-16(12-17(23)18(24)25)22(20(27)29-21(2,3)4)13-15-9-7-6-8-10-15/h5-10,16-17H,1,11-14H2,2-4H3,(H,24,25)/t16-,17+/m1/s1. The van der Waals surface area contributed by atoms with Gasteiger partial charge in [-0.15, -0.1) is 0 Å². The van der Waals surface area contributed by atoms with Crippen LogP contribution in [0.4, 0.5) is 9.59 Å². The van der Waals surface area contributed by atoms with Gasteiger partial charge >= 0.3 is 18.2 Å². The van der Waals surface area contributed by atoms with Crippen molar-refractivity contribution in [1.29, 1.82) is 0 Å². The number of likely N-dealkylation sites (tertiary alicyclic amines) is 1. The zero-order chi connectivity index (χ0) is 21.6. The molecule has 8 heteroatoms. The van der Waals surface area contributed by atoms with Gasteiger partial charge < -0.3 is 14.6 Å². The first-order chi connectivity index (χ1) is 13.6. The van der Waals surface area contributed by atoms with Gasteiger partial charge in [-0.1, -0.05) is 43.0 Å². The normalized spacial score (nSPS) is 18.8. The van der Waals surface area contributed by atoms with Crippen LogP contribution < -0.4 is 0 Å². The highest BCUT2D eigenvalue weighted by Crippen LogP contribution is 2.26. The van der Waals surface area contributed by atoms with Gasteiger partial charge in [0.15, 0.2) is 0 Å². The van der Waals surface area contributed by atoms with Gasteiger partial charge in [0.25, 0.3) is 0 Å². The number of carboxylic acid groups (broad SMARTS) is 1. The van der Waals surface area contributed by atoms with Crippen molar-refractivity contribution in [2.75, 3.05) is 13.2 Å². The van der Waals surface area contributed by atoms with Gasteiger partial charge in [-0.2, -0.15) is 0 Å². The first-order valence-electron chi connectivity index (χ1n) is 9.43. The molecule has 0 aliphatic carbocycles. The number of aliphatic carboxylic acids is 1. The molecule has 8 nitrogen and oxygen atoms in total. The van der Waals surface area contributed by atoms with E-state index in [2.05, 4.69) is 6.58 Å². The van der Waals surface area contributed by atoms with Crippen molar-refractivity contribution in [3.63, 3.8) is 0 Å². The summed E-state index contributed by atoms with van der Waals surface area (Å²) in [6.07, 6.45) is 0.189. The van der Waals surface area contributed by atoms with Crippen molar-refractivity contribution in [3.8, 4) is 0 Å². The Morgan fingerprint density at radius 3 is 2.48 bits per heavy atom. The average Bonchev–Trinajstić information content (AvgIpc) is 3.09. The zero-order valence-electron chi connectivity index (χ0n) is 17.0. The van der Waals surface area contributed by atoms with E-state index >= 15 is 0 Å². The first-order valence-corrected chi connectivity index (χ1v) is 9.43. The van der Waals surface area contributed by atoms with Crippen molar-refractivity contribution in [2.24, 2.45) is 0 Å². The molecule has 1 aliphatic heterocycles. The van der Waals surface area contributed by atoms with Gasteiger partial charge in [0.1, 0.15) is 18.2 Å². The van der Waals surface area contributed by atoms with Crippen LogP contribution in [0.2, 0.25) is 0 Å². The molecule has 0 aromatic heterocycles. The Hall–Kier alpha value is -3.03. The summed E-state index contributed by atoms with van der Waals surface area (Å²) in [5.41, 5.74) is 0.164. The van der Waals surface area contributed by atoms with Gasteiger partial charge in [-0.3, -0.25) is 9.80 Å². The van der Waals surface area contributed by atoms with Crippen LogP contribution in [0.15, 0.2) is 43.0 Å². The smallest absolute Gasteiger partial charge is 0.410 e. The molecule has 2 rings (SSSR count). The summed E-state index contributed by atoms with van der Waals surface area (Å²) in [5, 5.41) is 9.57. The van der Waals surface area contributed by atoms with E-state index in [4.69, 9.17) is 9.47 Å². The summed E-state index contributed by atoms with van der Waals surface area (Å²) < 4.78 is 10.5. The third-order valence-corrected chi connectivity index (χ3v) is 4.39. The maximum absolute atomic E-state index is 12.9. The van der Waals surface area contributed by atoms with E-state index in [1.807, 2.05) is 30.3 Å². The van der Waals surface area contributed by atoms with Crippen LogP contribution in [-0.4, -0.2) is 63.9 Å². The minimum Gasteiger partial charge on any atom is -0.480 e. The number of carboxylic acids is 1. The van der Waals surface area contributed by atoms with Gasteiger partial charge in [-0.05, 0) is 26.3 Å². The zero-order valence-corrected chi connectivity index (χ0v) is 17.0. The number of rotatable bonds is 6. The maximum atomic E-state index is 12.9. The molecule has 1 aliphatic rings. The number of ether oxygens (including phenoxy) is 2. The summed E-state index contributed by atoms with van der Waals surface area (Å²) in [6.45, 7) is 9.03. The van der Waals surface area contributed by atoms with Crippen molar-refractivity contribution in [2.45, 2.75) is 51.4 Å². The molecule has 0 saturated carbocycles. The Labute approximate surface area is 170 Å². The molecule has 29 heavy (non-hydrogen) atoms. The quantitative estimate of drug-likeness (QED) is 0.731. The van der Waals surface area contributed by atoms with Crippen LogP contribution in [0, 0.1) is 0 Å². The molecule has 0 bridgehead atoms.